The molecule has 0 fully saturated rings. The number of ether oxygens (including phenoxy) is 2. The maximum atomic E-state index is 13.5. The van der Waals surface area contributed by atoms with Crippen molar-refractivity contribution in [3.63, 3.8) is 0 Å². The lowest BCUT2D eigenvalue weighted by Crippen LogP contribution is -2.39. The average Bonchev–Trinajstić information content (AvgIpc) is 2.86. The summed E-state index contributed by atoms with van der Waals surface area (Å²) in [5.41, 5.74) is 1.77. The van der Waals surface area contributed by atoms with Crippen molar-refractivity contribution in [2.45, 2.75) is 91.9 Å². The molecule has 1 atom stereocenters. The minimum Gasteiger partial charge on any atom is -0.497 e. The highest BCUT2D eigenvalue weighted by Crippen LogP contribution is 2.36. The van der Waals surface area contributed by atoms with E-state index in [1.54, 1.807) is 47.1 Å². The van der Waals surface area contributed by atoms with Gasteiger partial charge in [0, 0.05) is 29.2 Å². The molecule has 0 aliphatic rings. The van der Waals surface area contributed by atoms with Crippen LogP contribution < -0.4 is 20.1 Å². The van der Waals surface area contributed by atoms with Gasteiger partial charge in [-0.05, 0) is 47.1 Å². The van der Waals surface area contributed by atoms with Crippen LogP contribution in [0.2, 0.25) is 0 Å². The lowest BCUT2D eigenvalue weighted by Gasteiger charge is -2.25. The van der Waals surface area contributed by atoms with Gasteiger partial charge in [0.25, 0.3) is 5.91 Å². The molecule has 0 aliphatic carbocycles. The minimum atomic E-state index is -0.701. The minimum absolute atomic E-state index is 0.0496. The summed E-state index contributed by atoms with van der Waals surface area (Å²) in [4.78, 5) is 38.7. The van der Waals surface area contributed by atoms with Crippen LogP contribution in [0, 0.1) is 5.41 Å². The predicted octanol–water partition coefficient (Wildman–Crippen LogP) is 7.00. The standard InChI is InChI=1S/C32H46N2O5/c1-10-11-12-13-21(24-16-15-23(38-8)20-27(24)39-9)19-28(35)33-26-18-22(14-17-25(26)31(2,3)4)29(36)34-30(37)32(5,6)7/h14-18,20-21H,10-13,19H2,1-9H3,(H,33,35)(H,34,36,37). The second kappa shape index (κ2) is 13.6. The van der Waals surface area contributed by atoms with Crippen LogP contribution in [0.5, 0.6) is 11.5 Å². The summed E-state index contributed by atoms with van der Waals surface area (Å²) in [6.45, 7) is 13.6. The normalized spacial score (nSPS) is 12.4. The molecule has 2 aromatic rings. The summed E-state index contributed by atoms with van der Waals surface area (Å²) in [5.74, 6) is 0.339. The van der Waals surface area contributed by atoms with Gasteiger partial charge in [0.1, 0.15) is 11.5 Å². The average molecular weight is 539 g/mol. The van der Waals surface area contributed by atoms with Crippen LogP contribution in [0.1, 0.15) is 108 Å². The first-order valence-electron chi connectivity index (χ1n) is 13.7. The molecule has 0 aliphatic heterocycles. The number of amides is 3. The highest BCUT2D eigenvalue weighted by atomic mass is 16.5. The summed E-state index contributed by atoms with van der Waals surface area (Å²) in [6.07, 6.45) is 4.26. The van der Waals surface area contributed by atoms with E-state index in [1.165, 1.54) is 0 Å². The monoisotopic (exact) mass is 538 g/mol. The van der Waals surface area contributed by atoms with Gasteiger partial charge in [-0.25, -0.2) is 0 Å². The molecule has 2 N–H and O–H groups in total. The van der Waals surface area contributed by atoms with Gasteiger partial charge in [-0.3, -0.25) is 19.7 Å². The molecule has 1 unspecified atom stereocenters. The molecule has 0 aromatic heterocycles. The Morgan fingerprint density at radius 2 is 1.59 bits per heavy atom. The van der Waals surface area contributed by atoms with Gasteiger partial charge in [-0.15, -0.1) is 0 Å². The Kier molecular flexibility index (Phi) is 11.1. The van der Waals surface area contributed by atoms with E-state index >= 15 is 0 Å². The maximum absolute atomic E-state index is 13.5. The van der Waals surface area contributed by atoms with E-state index in [0.717, 1.165) is 36.8 Å². The third-order valence-electron chi connectivity index (χ3n) is 6.74. The van der Waals surface area contributed by atoms with Gasteiger partial charge >= 0.3 is 0 Å². The summed E-state index contributed by atoms with van der Waals surface area (Å²) < 4.78 is 11.0. The van der Waals surface area contributed by atoms with Crippen LogP contribution in [-0.4, -0.2) is 31.9 Å². The number of methoxy groups -OCH3 is 2. The van der Waals surface area contributed by atoms with Crippen molar-refractivity contribution in [3.8, 4) is 11.5 Å². The zero-order valence-electron chi connectivity index (χ0n) is 25.1. The van der Waals surface area contributed by atoms with Crippen molar-refractivity contribution in [3.05, 3.63) is 53.1 Å². The molecule has 0 bridgehead atoms. The summed E-state index contributed by atoms with van der Waals surface area (Å²) >= 11 is 0. The molecule has 7 nitrogen and oxygen atoms in total. The molecule has 0 spiro atoms. The Bertz CT molecular complexity index is 1160. The molecule has 0 radical (unpaired) electrons. The Labute approximate surface area is 234 Å². The number of nitrogens with one attached hydrogen (secondary N) is 2. The molecule has 3 amide bonds. The van der Waals surface area contributed by atoms with Gasteiger partial charge in [-0.1, -0.05) is 79.9 Å². The summed E-state index contributed by atoms with van der Waals surface area (Å²) in [7, 11) is 3.23. The number of carbonyl (C=O) groups excluding carboxylic acids is 3. The summed E-state index contributed by atoms with van der Waals surface area (Å²) in [5, 5.41) is 5.54. The van der Waals surface area contributed by atoms with Gasteiger partial charge in [0.15, 0.2) is 0 Å². The van der Waals surface area contributed by atoms with Gasteiger partial charge in [0.05, 0.1) is 14.2 Å². The molecule has 2 aromatic carbocycles. The number of anilines is 1. The first kappa shape index (κ1) is 31.9. The number of hydrogen-bond donors (Lipinski definition) is 2. The third kappa shape index (κ3) is 9.12. The SMILES string of the molecule is CCCCCC(CC(=O)Nc1cc(C(=O)NC(=O)C(C)(C)C)ccc1C(C)(C)C)c1ccc(OC)cc1OC. The number of carbonyl (C=O) groups is 3. The molecule has 0 saturated heterocycles. The van der Waals surface area contributed by atoms with Gasteiger partial charge in [0.2, 0.25) is 11.8 Å². The van der Waals surface area contributed by atoms with Crippen molar-refractivity contribution in [2.75, 3.05) is 19.5 Å². The molecule has 0 heterocycles. The summed E-state index contributed by atoms with van der Waals surface area (Å²) in [6, 6.07) is 10.9. The molecule has 39 heavy (non-hydrogen) atoms. The maximum Gasteiger partial charge on any atom is 0.257 e. The van der Waals surface area contributed by atoms with E-state index in [4.69, 9.17) is 9.47 Å². The Morgan fingerprint density at radius 3 is 2.15 bits per heavy atom. The largest absolute Gasteiger partial charge is 0.497 e. The molecular formula is C32H46N2O5. The molecule has 214 valence electrons. The van der Waals surface area contributed by atoms with Crippen molar-refractivity contribution < 1.29 is 23.9 Å². The quantitative estimate of drug-likeness (QED) is 0.301. The van der Waals surface area contributed by atoms with E-state index in [9.17, 15) is 14.4 Å². The highest BCUT2D eigenvalue weighted by molar-refractivity contribution is 6.07. The van der Waals surface area contributed by atoms with Crippen LogP contribution in [0.4, 0.5) is 5.69 Å². The first-order valence-corrected chi connectivity index (χ1v) is 13.7. The van der Waals surface area contributed by atoms with Crippen LogP contribution in [0.15, 0.2) is 36.4 Å². The molecule has 2 rings (SSSR count). The number of unbranched alkanes of at least 4 members (excludes halogenated alkanes) is 2. The zero-order chi connectivity index (χ0) is 29.4. The Hall–Kier alpha value is -3.35. The Balaban J connectivity index is 2.37. The van der Waals surface area contributed by atoms with E-state index in [0.29, 0.717) is 22.7 Å². The molecule has 0 saturated carbocycles. The van der Waals surface area contributed by atoms with E-state index < -0.39 is 11.3 Å². The van der Waals surface area contributed by atoms with Gasteiger partial charge in [-0.2, -0.15) is 0 Å². The molecule has 7 heteroatoms. The number of rotatable bonds is 11. The van der Waals surface area contributed by atoms with E-state index in [1.807, 2.05) is 24.3 Å². The van der Waals surface area contributed by atoms with Gasteiger partial charge < -0.3 is 14.8 Å². The van der Waals surface area contributed by atoms with Crippen LogP contribution in [0.25, 0.3) is 0 Å². The predicted molar refractivity (Wildman–Crippen MR) is 157 cm³/mol. The lowest BCUT2D eigenvalue weighted by atomic mass is 9.84. The van der Waals surface area contributed by atoms with Crippen molar-refractivity contribution in [1.29, 1.82) is 0 Å². The highest BCUT2D eigenvalue weighted by Gasteiger charge is 2.26. The fourth-order valence-electron chi connectivity index (χ4n) is 4.39. The van der Waals surface area contributed by atoms with Crippen molar-refractivity contribution in [1.82, 2.24) is 5.32 Å². The smallest absolute Gasteiger partial charge is 0.257 e. The van der Waals surface area contributed by atoms with Crippen LogP contribution >= 0.6 is 0 Å². The van der Waals surface area contributed by atoms with E-state index in [2.05, 4.69) is 38.3 Å². The number of hydrogen-bond acceptors (Lipinski definition) is 5. The molecular weight excluding hydrogens is 492 g/mol. The van der Waals surface area contributed by atoms with Crippen LogP contribution in [0.3, 0.4) is 0 Å². The van der Waals surface area contributed by atoms with Crippen molar-refractivity contribution in [2.24, 2.45) is 5.41 Å². The fraction of sp³-hybridized carbons (Fsp3) is 0.531. The second-order valence-electron chi connectivity index (χ2n) is 12.1. The van der Waals surface area contributed by atoms with Crippen molar-refractivity contribution >= 4 is 23.4 Å². The lowest BCUT2D eigenvalue weighted by molar-refractivity contribution is -0.127. The first-order chi connectivity index (χ1) is 18.2. The number of benzene rings is 2. The fourth-order valence-corrected chi connectivity index (χ4v) is 4.39. The number of imide groups is 1. The Morgan fingerprint density at radius 1 is 0.897 bits per heavy atom. The third-order valence-corrected chi connectivity index (χ3v) is 6.74. The topological polar surface area (TPSA) is 93.7 Å². The zero-order valence-corrected chi connectivity index (χ0v) is 25.1. The second-order valence-corrected chi connectivity index (χ2v) is 12.1. The van der Waals surface area contributed by atoms with E-state index in [-0.39, 0.29) is 29.6 Å². The van der Waals surface area contributed by atoms with Crippen LogP contribution in [-0.2, 0) is 15.0 Å².